The van der Waals surface area contributed by atoms with E-state index in [1.54, 1.807) is 11.3 Å². The third kappa shape index (κ3) is 5.61. The summed E-state index contributed by atoms with van der Waals surface area (Å²) in [6.07, 6.45) is 2.18. The first-order chi connectivity index (χ1) is 13.7. The quantitative estimate of drug-likeness (QED) is 0.739. The Labute approximate surface area is 170 Å². The number of nitrogens with one attached hydrogen (secondary N) is 1. The van der Waals surface area contributed by atoms with Gasteiger partial charge in [-0.3, -0.25) is 4.79 Å². The zero-order valence-electron chi connectivity index (χ0n) is 16.2. The largest absolute Gasteiger partial charge is 0.372 e. The second-order valence-electron chi connectivity index (χ2n) is 6.93. The lowest BCUT2D eigenvalue weighted by atomic mass is 9.98. The number of amides is 1. The summed E-state index contributed by atoms with van der Waals surface area (Å²) in [6.45, 7) is 5.91. The lowest BCUT2D eigenvalue weighted by Gasteiger charge is -2.32. The second kappa shape index (κ2) is 10.3. The van der Waals surface area contributed by atoms with E-state index in [0.717, 1.165) is 55.3 Å². The van der Waals surface area contributed by atoms with E-state index in [-0.39, 0.29) is 12.5 Å². The molecule has 28 heavy (non-hydrogen) atoms. The standard InChI is InChI=1S/C21H26N4O2S/c1-2-27-14-21(26)25-9-3-4-17(13-25)11-23-12-20-24-19(15-28-20)18-7-5-16(10-22)6-8-18/h5-8,15,17,23H,2-4,9,11-14H2,1H3/t17-/m1/s1. The van der Waals surface area contributed by atoms with E-state index in [1.165, 1.54) is 0 Å². The predicted octanol–water partition coefficient (Wildman–Crippen LogP) is 3.05. The van der Waals surface area contributed by atoms with Gasteiger partial charge in [-0.15, -0.1) is 11.3 Å². The minimum atomic E-state index is 0.0959. The highest BCUT2D eigenvalue weighted by Gasteiger charge is 2.23. The molecule has 1 saturated heterocycles. The van der Waals surface area contributed by atoms with Gasteiger partial charge < -0.3 is 15.0 Å². The molecule has 1 aromatic carbocycles. The molecule has 1 aliphatic heterocycles. The van der Waals surface area contributed by atoms with Crippen molar-refractivity contribution >= 4 is 17.2 Å². The Kier molecular flexibility index (Phi) is 7.54. The SMILES string of the molecule is CCOCC(=O)N1CCC[C@H](CNCc2nc(-c3ccc(C#N)cc3)cs2)C1. The Morgan fingerprint density at radius 1 is 1.43 bits per heavy atom. The fourth-order valence-corrected chi connectivity index (χ4v) is 4.14. The van der Waals surface area contributed by atoms with Crippen molar-refractivity contribution in [2.45, 2.75) is 26.3 Å². The van der Waals surface area contributed by atoms with Gasteiger partial charge in [0.15, 0.2) is 0 Å². The minimum absolute atomic E-state index is 0.0959. The fraction of sp³-hybridized carbons (Fsp3) is 0.476. The van der Waals surface area contributed by atoms with Crippen LogP contribution in [0.4, 0.5) is 0 Å². The highest BCUT2D eigenvalue weighted by atomic mass is 32.1. The van der Waals surface area contributed by atoms with Gasteiger partial charge in [0.1, 0.15) is 11.6 Å². The van der Waals surface area contributed by atoms with Crippen LogP contribution in [0.1, 0.15) is 30.3 Å². The second-order valence-corrected chi connectivity index (χ2v) is 7.87. The molecule has 0 saturated carbocycles. The molecule has 1 fully saturated rings. The summed E-state index contributed by atoms with van der Waals surface area (Å²) in [6, 6.07) is 9.62. The Morgan fingerprint density at radius 2 is 2.25 bits per heavy atom. The van der Waals surface area contributed by atoms with Crippen molar-refractivity contribution in [3.05, 3.63) is 40.2 Å². The zero-order valence-corrected chi connectivity index (χ0v) is 17.0. The predicted molar refractivity (Wildman–Crippen MR) is 110 cm³/mol. The first-order valence-electron chi connectivity index (χ1n) is 9.70. The first kappa shape index (κ1) is 20.5. The van der Waals surface area contributed by atoms with Crippen LogP contribution in [0, 0.1) is 17.2 Å². The lowest BCUT2D eigenvalue weighted by molar-refractivity contribution is -0.137. The van der Waals surface area contributed by atoms with E-state index in [9.17, 15) is 4.79 Å². The lowest BCUT2D eigenvalue weighted by Crippen LogP contribution is -2.44. The fourth-order valence-electron chi connectivity index (χ4n) is 3.36. The van der Waals surface area contributed by atoms with Gasteiger partial charge >= 0.3 is 0 Å². The van der Waals surface area contributed by atoms with Gasteiger partial charge in [-0.05, 0) is 37.8 Å². The van der Waals surface area contributed by atoms with Crippen molar-refractivity contribution in [1.29, 1.82) is 5.26 Å². The third-order valence-corrected chi connectivity index (χ3v) is 5.72. The maximum absolute atomic E-state index is 12.1. The monoisotopic (exact) mass is 398 g/mol. The summed E-state index contributed by atoms with van der Waals surface area (Å²) in [7, 11) is 0. The van der Waals surface area contributed by atoms with E-state index in [0.29, 0.717) is 18.1 Å². The highest BCUT2D eigenvalue weighted by Crippen LogP contribution is 2.22. The molecule has 1 aromatic heterocycles. The maximum Gasteiger partial charge on any atom is 0.248 e. The van der Waals surface area contributed by atoms with Crippen LogP contribution in [0.5, 0.6) is 0 Å². The Hall–Kier alpha value is -2.27. The van der Waals surface area contributed by atoms with Crippen LogP contribution in [-0.4, -0.2) is 48.6 Å². The van der Waals surface area contributed by atoms with Crippen molar-refractivity contribution in [2.75, 3.05) is 32.8 Å². The molecule has 0 unspecified atom stereocenters. The summed E-state index contributed by atoms with van der Waals surface area (Å²) in [5, 5.41) is 15.5. The molecule has 2 heterocycles. The van der Waals surface area contributed by atoms with Gasteiger partial charge in [-0.25, -0.2) is 4.98 Å². The molecule has 1 N–H and O–H groups in total. The average molecular weight is 399 g/mol. The molecular formula is C21H26N4O2S. The van der Waals surface area contributed by atoms with Gasteiger partial charge in [0.25, 0.3) is 0 Å². The molecule has 3 rings (SSSR count). The van der Waals surface area contributed by atoms with E-state index in [2.05, 4.69) is 16.4 Å². The molecule has 6 nitrogen and oxygen atoms in total. The van der Waals surface area contributed by atoms with Crippen LogP contribution in [0.3, 0.4) is 0 Å². The molecule has 2 aromatic rings. The number of likely N-dealkylation sites (tertiary alicyclic amines) is 1. The van der Waals surface area contributed by atoms with Crippen LogP contribution >= 0.6 is 11.3 Å². The number of piperidine rings is 1. The molecule has 0 radical (unpaired) electrons. The molecular weight excluding hydrogens is 372 g/mol. The molecule has 7 heteroatoms. The number of aromatic nitrogens is 1. The number of benzene rings is 1. The molecule has 0 spiro atoms. The normalized spacial score (nSPS) is 16.7. The number of rotatable bonds is 8. The smallest absolute Gasteiger partial charge is 0.248 e. The number of carbonyl (C=O) groups is 1. The van der Waals surface area contributed by atoms with Gasteiger partial charge in [0.05, 0.1) is 17.3 Å². The van der Waals surface area contributed by atoms with Gasteiger partial charge in [0.2, 0.25) is 5.91 Å². The number of hydrogen-bond donors (Lipinski definition) is 1. The van der Waals surface area contributed by atoms with Gasteiger partial charge in [0, 0.05) is 43.7 Å². The van der Waals surface area contributed by atoms with Gasteiger partial charge in [-0.1, -0.05) is 12.1 Å². The van der Waals surface area contributed by atoms with E-state index in [1.807, 2.05) is 41.5 Å². The molecule has 1 amide bonds. The third-order valence-electron chi connectivity index (χ3n) is 4.87. The Morgan fingerprint density at radius 3 is 3.00 bits per heavy atom. The summed E-state index contributed by atoms with van der Waals surface area (Å²) >= 11 is 1.64. The van der Waals surface area contributed by atoms with Crippen molar-refractivity contribution in [2.24, 2.45) is 5.92 Å². The van der Waals surface area contributed by atoms with E-state index >= 15 is 0 Å². The topological polar surface area (TPSA) is 78.2 Å². The van der Waals surface area contributed by atoms with Crippen LogP contribution in [0.25, 0.3) is 11.3 Å². The Balaban J connectivity index is 1.45. The zero-order chi connectivity index (χ0) is 19.8. The van der Waals surface area contributed by atoms with E-state index < -0.39 is 0 Å². The van der Waals surface area contributed by atoms with Crippen molar-refractivity contribution in [3.8, 4) is 17.3 Å². The maximum atomic E-state index is 12.1. The number of ether oxygens (including phenoxy) is 1. The molecule has 1 aliphatic rings. The number of carbonyl (C=O) groups excluding carboxylic acids is 1. The number of nitriles is 1. The van der Waals surface area contributed by atoms with Gasteiger partial charge in [-0.2, -0.15) is 5.26 Å². The molecule has 1 atom stereocenters. The van der Waals surface area contributed by atoms with E-state index in [4.69, 9.17) is 10.00 Å². The summed E-state index contributed by atoms with van der Waals surface area (Å²) in [5.41, 5.74) is 2.62. The molecule has 0 bridgehead atoms. The van der Waals surface area contributed by atoms with Crippen LogP contribution < -0.4 is 5.32 Å². The minimum Gasteiger partial charge on any atom is -0.372 e. The highest BCUT2D eigenvalue weighted by molar-refractivity contribution is 7.09. The van der Waals surface area contributed by atoms with Crippen LogP contribution in [0.2, 0.25) is 0 Å². The van der Waals surface area contributed by atoms with Crippen LogP contribution in [0.15, 0.2) is 29.6 Å². The summed E-state index contributed by atoms with van der Waals surface area (Å²) in [4.78, 5) is 18.7. The molecule has 0 aliphatic carbocycles. The summed E-state index contributed by atoms with van der Waals surface area (Å²) < 4.78 is 5.24. The van der Waals surface area contributed by atoms with Crippen molar-refractivity contribution in [1.82, 2.24) is 15.2 Å². The molecule has 148 valence electrons. The van der Waals surface area contributed by atoms with Crippen molar-refractivity contribution < 1.29 is 9.53 Å². The average Bonchev–Trinajstić information content (AvgIpc) is 3.21. The van der Waals surface area contributed by atoms with Crippen LogP contribution in [-0.2, 0) is 16.1 Å². The Bertz CT molecular complexity index is 813. The summed E-state index contributed by atoms with van der Waals surface area (Å²) in [5.74, 6) is 0.566. The van der Waals surface area contributed by atoms with Crippen molar-refractivity contribution in [3.63, 3.8) is 0 Å². The number of thiazole rings is 1. The number of nitrogens with zero attached hydrogens (tertiary/aromatic N) is 3. The number of hydrogen-bond acceptors (Lipinski definition) is 6. The first-order valence-corrected chi connectivity index (χ1v) is 10.6.